The lowest BCUT2D eigenvalue weighted by atomic mass is 9.92. The Hall–Kier alpha value is -1.88. The number of aliphatic hydroxyl groups is 1. The lowest BCUT2D eigenvalue weighted by Crippen LogP contribution is -2.23. The van der Waals surface area contributed by atoms with Crippen molar-refractivity contribution in [3.63, 3.8) is 0 Å². The summed E-state index contributed by atoms with van der Waals surface area (Å²) in [6.45, 7) is 8.21. The van der Waals surface area contributed by atoms with Gasteiger partial charge in [-0.25, -0.2) is 0 Å². The summed E-state index contributed by atoms with van der Waals surface area (Å²) >= 11 is 0. The van der Waals surface area contributed by atoms with Gasteiger partial charge in [-0.2, -0.15) is 0 Å². The summed E-state index contributed by atoms with van der Waals surface area (Å²) in [6, 6.07) is 18.5. The molecule has 0 bridgehead atoms. The van der Waals surface area contributed by atoms with Crippen LogP contribution in [0.2, 0.25) is 0 Å². The van der Waals surface area contributed by atoms with Crippen LogP contribution in [-0.4, -0.2) is 47.3 Å². The van der Waals surface area contributed by atoms with E-state index in [1.807, 2.05) is 60.7 Å². The number of halogens is 1. The van der Waals surface area contributed by atoms with Crippen LogP contribution in [-0.2, 0) is 4.79 Å². The quantitative estimate of drug-likeness (QED) is 0.554. The topological polar surface area (TPSA) is 60.8 Å². The van der Waals surface area contributed by atoms with Crippen molar-refractivity contribution < 1.29 is 15.0 Å². The zero-order valence-corrected chi connectivity index (χ0v) is 17.8. The van der Waals surface area contributed by atoms with Crippen LogP contribution in [0.25, 0.3) is 0 Å². The first-order valence-electron chi connectivity index (χ1n) is 9.79. The molecule has 2 aromatic rings. The summed E-state index contributed by atoms with van der Waals surface area (Å²) in [4.78, 5) is 13.7. The van der Waals surface area contributed by atoms with Crippen LogP contribution in [0.15, 0.2) is 60.7 Å². The van der Waals surface area contributed by atoms with Crippen molar-refractivity contribution in [2.45, 2.75) is 39.0 Å². The Morgan fingerprint density at radius 2 is 1.32 bits per heavy atom. The lowest BCUT2D eigenvalue weighted by molar-refractivity contribution is -0.137. The van der Waals surface area contributed by atoms with Crippen molar-refractivity contribution in [2.75, 3.05) is 26.2 Å². The molecule has 0 unspecified atom stereocenters. The summed E-state index contributed by atoms with van der Waals surface area (Å²) in [7, 11) is 0. The highest BCUT2D eigenvalue weighted by Gasteiger charge is 2.21. The fraction of sp³-hybridized carbons (Fsp3) is 0.435. The first-order chi connectivity index (χ1) is 13.1. The van der Waals surface area contributed by atoms with Gasteiger partial charge in [0.2, 0.25) is 0 Å². The van der Waals surface area contributed by atoms with E-state index in [4.69, 9.17) is 5.11 Å². The number of hydrogen-bond donors (Lipinski definition) is 2. The van der Waals surface area contributed by atoms with Crippen molar-refractivity contribution in [3.8, 4) is 0 Å². The van der Waals surface area contributed by atoms with Crippen LogP contribution in [0.3, 0.4) is 0 Å². The zero-order chi connectivity index (χ0) is 19.9. The van der Waals surface area contributed by atoms with E-state index >= 15 is 0 Å². The molecule has 0 aliphatic heterocycles. The van der Waals surface area contributed by atoms with Crippen LogP contribution in [0.5, 0.6) is 0 Å². The predicted octanol–water partition coefficient (Wildman–Crippen LogP) is 4.82. The molecule has 5 heteroatoms. The van der Waals surface area contributed by atoms with E-state index in [0.717, 1.165) is 37.1 Å². The second-order valence-corrected chi connectivity index (χ2v) is 6.40. The first kappa shape index (κ1) is 26.1. The molecule has 28 heavy (non-hydrogen) atoms. The SMILES string of the molecule is CCN(CC)CCCCCO.Cl.O=C(O)C(c1ccccc1)c1ccccc1. The van der Waals surface area contributed by atoms with Crippen LogP contribution < -0.4 is 0 Å². The molecule has 0 fully saturated rings. The van der Waals surface area contributed by atoms with Gasteiger partial charge in [0, 0.05) is 6.61 Å². The zero-order valence-electron chi connectivity index (χ0n) is 17.0. The van der Waals surface area contributed by atoms with Crippen LogP contribution >= 0.6 is 12.4 Å². The molecule has 2 N–H and O–H groups in total. The summed E-state index contributed by atoms with van der Waals surface area (Å²) in [6.07, 6.45) is 3.34. The molecule has 2 aromatic carbocycles. The Bertz CT molecular complexity index is 579. The van der Waals surface area contributed by atoms with Crippen molar-refractivity contribution in [2.24, 2.45) is 0 Å². The highest BCUT2D eigenvalue weighted by atomic mass is 35.5. The van der Waals surface area contributed by atoms with Gasteiger partial charge in [-0.3, -0.25) is 4.79 Å². The Morgan fingerprint density at radius 1 is 0.857 bits per heavy atom. The second-order valence-electron chi connectivity index (χ2n) is 6.40. The minimum absolute atomic E-state index is 0. The average Bonchev–Trinajstić information content (AvgIpc) is 2.70. The number of hydrogen-bond acceptors (Lipinski definition) is 3. The Kier molecular flexibility index (Phi) is 15.0. The molecule has 0 aromatic heterocycles. The third-order valence-corrected chi connectivity index (χ3v) is 4.54. The standard InChI is InChI=1S/C14H12O2.C9H21NO.ClH/c15-14(16)13(11-7-3-1-4-8-11)12-9-5-2-6-10-12;1-3-10(4-2)8-6-5-7-9-11;/h1-10,13H,(H,15,16);11H,3-9H2,1-2H3;1H. The van der Waals surface area contributed by atoms with Gasteiger partial charge in [0.25, 0.3) is 0 Å². The third kappa shape index (κ3) is 9.88. The number of benzene rings is 2. The second kappa shape index (κ2) is 16.1. The maximum Gasteiger partial charge on any atom is 0.315 e. The Labute approximate surface area is 175 Å². The molecule has 0 saturated heterocycles. The maximum absolute atomic E-state index is 11.3. The third-order valence-electron chi connectivity index (χ3n) is 4.54. The monoisotopic (exact) mass is 407 g/mol. The van der Waals surface area contributed by atoms with E-state index in [1.54, 1.807) is 0 Å². The lowest BCUT2D eigenvalue weighted by Gasteiger charge is -2.17. The Morgan fingerprint density at radius 3 is 1.68 bits per heavy atom. The number of aliphatic carboxylic acids is 1. The summed E-state index contributed by atoms with van der Waals surface area (Å²) < 4.78 is 0. The van der Waals surface area contributed by atoms with E-state index in [1.165, 1.54) is 13.0 Å². The number of carboxylic acids is 1. The normalized spacial score (nSPS) is 10.2. The molecule has 4 nitrogen and oxygen atoms in total. The van der Waals surface area contributed by atoms with Gasteiger partial charge >= 0.3 is 5.97 Å². The van der Waals surface area contributed by atoms with Crippen LogP contribution in [0.1, 0.15) is 50.2 Å². The molecule has 0 spiro atoms. The van der Waals surface area contributed by atoms with Crippen molar-refractivity contribution in [1.82, 2.24) is 4.90 Å². The van der Waals surface area contributed by atoms with Crippen LogP contribution in [0, 0.1) is 0 Å². The van der Waals surface area contributed by atoms with E-state index in [-0.39, 0.29) is 12.4 Å². The molecule has 0 atom stereocenters. The van der Waals surface area contributed by atoms with E-state index in [0.29, 0.717) is 6.61 Å². The molecule has 0 radical (unpaired) electrons. The molecule has 0 aliphatic rings. The van der Waals surface area contributed by atoms with Gasteiger partial charge < -0.3 is 15.1 Å². The average molecular weight is 408 g/mol. The van der Waals surface area contributed by atoms with Gasteiger partial charge in [0.1, 0.15) is 5.92 Å². The molecule has 0 aliphatic carbocycles. The minimum Gasteiger partial charge on any atom is -0.481 e. The van der Waals surface area contributed by atoms with Gasteiger partial charge in [0.05, 0.1) is 0 Å². The van der Waals surface area contributed by atoms with Gasteiger partial charge in [-0.1, -0.05) is 74.5 Å². The number of carbonyl (C=O) groups is 1. The summed E-state index contributed by atoms with van der Waals surface area (Å²) in [5, 5.41) is 17.8. The van der Waals surface area contributed by atoms with E-state index < -0.39 is 11.9 Å². The molecule has 0 saturated carbocycles. The number of carboxylic acid groups (broad SMARTS) is 1. The molecule has 156 valence electrons. The highest BCUT2D eigenvalue weighted by molar-refractivity contribution is 5.85. The number of unbranched alkanes of at least 4 members (excludes halogenated alkanes) is 2. The molecule has 0 amide bonds. The number of rotatable bonds is 10. The predicted molar refractivity (Wildman–Crippen MR) is 118 cm³/mol. The first-order valence-corrected chi connectivity index (χ1v) is 9.79. The molecular formula is C23H34ClNO3. The molecule has 0 heterocycles. The van der Waals surface area contributed by atoms with E-state index in [2.05, 4.69) is 18.7 Å². The van der Waals surface area contributed by atoms with Crippen molar-refractivity contribution in [3.05, 3.63) is 71.8 Å². The van der Waals surface area contributed by atoms with Gasteiger partial charge in [-0.05, 0) is 50.0 Å². The maximum atomic E-state index is 11.3. The van der Waals surface area contributed by atoms with Gasteiger partial charge in [0.15, 0.2) is 0 Å². The largest absolute Gasteiger partial charge is 0.481 e. The highest BCUT2D eigenvalue weighted by Crippen LogP contribution is 2.24. The Balaban J connectivity index is 0.000000541. The smallest absolute Gasteiger partial charge is 0.315 e. The fourth-order valence-corrected chi connectivity index (χ4v) is 2.93. The number of nitrogens with zero attached hydrogens (tertiary/aromatic N) is 1. The summed E-state index contributed by atoms with van der Waals surface area (Å²) in [5.74, 6) is -1.40. The number of aliphatic hydroxyl groups excluding tert-OH is 1. The van der Waals surface area contributed by atoms with E-state index in [9.17, 15) is 9.90 Å². The molecular weight excluding hydrogens is 374 g/mol. The fourth-order valence-electron chi connectivity index (χ4n) is 2.93. The van der Waals surface area contributed by atoms with Crippen molar-refractivity contribution in [1.29, 1.82) is 0 Å². The minimum atomic E-state index is -0.822. The van der Waals surface area contributed by atoms with Crippen LogP contribution in [0.4, 0.5) is 0 Å². The van der Waals surface area contributed by atoms with Gasteiger partial charge in [-0.15, -0.1) is 12.4 Å². The molecule has 2 rings (SSSR count). The van der Waals surface area contributed by atoms with Crippen molar-refractivity contribution >= 4 is 18.4 Å². The summed E-state index contributed by atoms with van der Waals surface area (Å²) in [5.41, 5.74) is 1.61.